The molecule has 0 aliphatic heterocycles. The van der Waals surface area contributed by atoms with Gasteiger partial charge in [-0.15, -0.1) is 0 Å². The zero-order valence-electron chi connectivity index (χ0n) is 11.1. The number of nitrogens with zero attached hydrogens (tertiary/aromatic N) is 1. The number of carboxylic acids is 1. The van der Waals surface area contributed by atoms with Gasteiger partial charge in [-0.25, -0.2) is 0 Å². The average Bonchev–Trinajstić information content (AvgIpc) is 2.43. The predicted octanol–water partition coefficient (Wildman–Crippen LogP) is 3.21. The third-order valence-corrected chi connectivity index (χ3v) is 3.22. The Morgan fingerprint density at radius 3 is 2.79 bits per heavy atom. The lowest BCUT2D eigenvalue weighted by Gasteiger charge is -2.14. The molecule has 19 heavy (non-hydrogen) atoms. The zero-order chi connectivity index (χ0) is 13.8. The Morgan fingerprint density at radius 2 is 2.16 bits per heavy atom. The van der Waals surface area contributed by atoms with E-state index < -0.39 is 11.9 Å². The molecular formula is C15H17NO3. The highest BCUT2D eigenvalue weighted by Gasteiger charge is 2.22. The highest BCUT2D eigenvalue weighted by atomic mass is 16.5. The van der Waals surface area contributed by atoms with Crippen LogP contribution in [0.5, 0.6) is 5.75 Å². The summed E-state index contributed by atoms with van der Waals surface area (Å²) in [5.74, 6) is -0.660. The lowest BCUT2D eigenvalue weighted by Crippen LogP contribution is -2.13. The Balaban J connectivity index is 2.63. The molecule has 0 amide bonds. The topological polar surface area (TPSA) is 59.4 Å². The summed E-state index contributed by atoms with van der Waals surface area (Å²) >= 11 is 0. The molecule has 0 saturated carbocycles. The van der Waals surface area contributed by atoms with Crippen molar-refractivity contribution in [2.75, 3.05) is 7.11 Å². The van der Waals surface area contributed by atoms with Crippen LogP contribution in [-0.4, -0.2) is 23.2 Å². The molecule has 1 N–H and O–H groups in total. The van der Waals surface area contributed by atoms with Crippen LogP contribution in [0.15, 0.2) is 30.5 Å². The van der Waals surface area contributed by atoms with Crippen molar-refractivity contribution < 1.29 is 14.6 Å². The number of rotatable bonds is 5. The van der Waals surface area contributed by atoms with E-state index in [1.165, 1.54) is 0 Å². The van der Waals surface area contributed by atoms with E-state index in [0.29, 0.717) is 12.1 Å². The van der Waals surface area contributed by atoms with E-state index in [9.17, 15) is 9.90 Å². The molecule has 1 heterocycles. The van der Waals surface area contributed by atoms with Crippen LogP contribution in [-0.2, 0) is 4.79 Å². The van der Waals surface area contributed by atoms with Gasteiger partial charge in [0.2, 0.25) is 0 Å². The number of aliphatic carboxylic acids is 1. The molecule has 1 atom stereocenters. The summed E-state index contributed by atoms with van der Waals surface area (Å²) in [6.07, 6.45) is 3.03. The highest BCUT2D eigenvalue weighted by Crippen LogP contribution is 2.31. The summed E-state index contributed by atoms with van der Waals surface area (Å²) in [7, 11) is 1.61. The smallest absolute Gasteiger partial charge is 0.312 e. The van der Waals surface area contributed by atoms with E-state index in [4.69, 9.17) is 4.74 Å². The number of methoxy groups -OCH3 is 1. The monoisotopic (exact) mass is 259 g/mol. The first-order chi connectivity index (χ1) is 9.19. The zero-order valence-corrected chi connectivity index (χ0v) is 11.1. The number of carboxylic acid groups (broad SMARTS) is 1. The van der Waals surface area contributed by atoms with E-state index in [1.54, 1.807) is 13.3 Å². The van der Waals surface area contributed by atoms with Gasteiger partial charge in [0.1, 0.15) is 5.75 Å². The van der Waals surface area contributed by atoms with Crippen molar-refractivity contribution in [3.63, 3.8) is 0 Å². The molecule has 4 heteroatoms. The summed E-state index contributed by atoms with van der Waals surface area (Å²) in [5, 5.41) is 11.1. The van der Waals surface area contributed by atoms with Crippen LogP contribution < -0.4 is 4.74 Å². The van der Waals surface area contributed by atoms with Crippen molar-refractivity contribution >= 4 is 16.7 Å². The Labute approximate surface area is 112 Å². The second-order valence-corrected chi connectivity index (χ2v) is 4.43. The fourth-order valence-electron chi connectivity index (χ4n) is 2.32. The predicted molar refractivity (Wildman–Crippen MR) is 73.6 cm³/mol. The van der Waals surface area contributed by atoms with Crippen LogP contribution >= 0.6 is 0 Å². The first-order valence-electron chi connectivity index (χ1n) is 6.33. The summed E-state index contributed by atoms with van der Waals surface area (Å²) < 4.78 is 5.31. The number of hydrogen-bond acceptors (Lipinski definition) is 3. The van der Waals surface area contributed by atoms with Crippen molar-refractivity contribution in [3.05, 3.63) is 36.2 Å². The molecule has 0 fully saturated rings. The van der Waals surface area contributed by atoms with E-state index in [0.717, 1.165) is 22.9 Å². The van der Waals surface area contributed by atoms with Gasteiger partial charge >= 0.3 is 5.97 Å². The Morgan fingerprint density at radius 1 is 1.37 bits per heavy atom. The average molecular weight is 259 g/mol. The second kappa shape index (κ2) is 5.69. The van der Waals surface area contributed by atoms with Gasteiger partial charge in [-0.3, -0.25) is 9.78 Å². The molecule has 0 bridgehead atoms. The van der Waals surface area contributed by atoms with Crippen molar-refractivity contribution in [2.45, 2.75) is 25.7 Å². The number of ether oxygens (including phenoxy) is 1. The maximum absolute atomic E-state index is 11.4. The normalized spacial score (nSPS) is 12.3. The van der Waals surface area contributed by atoms with Crippen LogP contribution in [0.2, 0.25) is 0 Å². The third-order valence-electron chi connectivity index (χ3n) is 3.22. The second-order valence-electron chi connectivity index (χ2n) is 4.43. The summed E-state index contributed by atoms with van der Waals surface area (Å²) in [5.41, 5.74) is 0.616. The fourth-order valence-corrected chi connectivity index (χ4v) is 2.32. The van der Waals surface area contributed by atoms with Gasteiger partial charge in [-0.2, -0.15) is 0 Å². The quantitative estimate of drug-likeness (QED) is 0.895. The summed E-state index contributed by atoms with van der Waals surface area (Å²) in [6, 6.07) is 7.47. The minimum absolute atomic E-state index is 0.569. The maximum atomic E-state index is 11.4. The summed E-state index contributed by atoms with van der Waals surface area (Å²) in [4.78, 5) is 15.7. The number of fused-ring (bicyclic) bond motifs is 1. The standard InChI is InChI=1S/C15H17NO3/c1-3-5-12(15(17)18)14-11-6-4-7-13(19-2)10(11)8-9-16-14/h4,6-9,12H,3,5H2,1-2H3,(H,17,18). The van der Waals surface area contributed by atoms with Crippen LogP contribution in [0.4, 0.5) is 0 Å². The van der Waals surface area contributed by atoms with Crippen LogP contribution in [0.3, 0.4) is 0 Å². The Kier molecular flexibility index (Phi) is 4.00. The largest absolute Gasteiger partial charge is 0.496 e. The van der Waals surface area contributed by atoms with Gasteiger partial charge in [-0.05, 0) is 18.6 Å². The van der Waals surface area contributed by atoms with Crippen molar-refractivity contribution in [3.8, 4) is 5.75 Å². The first-order valence-corrected chi connectivity index (χ1v) is 6.33. The van der Waals surface area contributed by atoms with Gasteiger partial charge in [0.05, 0.1) is 18.7 Å². The number of benzene rings is 1. The fraction of sp³-hybridized carbons (Fsp3) is 0.333. The minimum atomic E-state index is -0.829. The molecule has 0 spiro atoms. The lowest BCUT2D eigenvalue weighted by molar-refractivity contribution is -0.139. The van der Waals surface area contributed by atoms with Gasteiger partial charge < -0.3 is 9.84 Å². The van der Waals surface area contributed by atoms with Crippen molar-refractivity contribution in [2.24, 2.45) is 0 Å². The first kappa shape index (κ1) is 13.3. The van der Waals surface area contributed by atoms with Gasteiger partial charge in [0.25, 0.3) is 0 Å². The molecule has 2 aromatic rings. The third kappa shape index (κ3) is 2.52. The number of pyridine rings is 1. The number of hydrogen-bond donors (Lipinski definition) is 1. The molecule has 2 rings (SSSR count). The van der Waals surface area contributed by atoms with Crippen LogP contribution in [0.1, 0.15) is 31.4 Å². The molecule has 0 saturated heterocycles. The SMILES string of the molecule is CCCC(C(=O)O)c1nccc2c(OC)cccc12. The summed E-state index contributed by atoms with van der Waals surface area (Å²) in [6.45, 7) is 1.97. The van der Waals surface area contributed by atoms with Crippen molar-refractivity contribution in [1.82, 2.24) is 4.98 Å². The van der Waals surface area contributed by atoms with E-state index in [1.807, 2.05) is 31.2 Å². The van der Waals surface area contributed by atoms with E-state index >= 15 is 0 Å². The molecule has 4 nitrogen and oxygen atoms in total. The number of aromatic nitrogens is 1. The Hall–Kier alpha value is -2.10. The minimum Gasteiger partial charge on any atom is -0.496 e. The molecule has 0 aliphatic carbocycles. The number of carbonyl (C=O) groups is 1. The molecule has 0 aliphatic rings. The molecule has 100 valence electrons. The Bertz CT molecular complexity index is 595. The van der Waals surface area contributed by atoms with E-state index in [2.05, 4.69) is 4.98 Å². The van der Waals surface area contributed by atoms with Gasteiger partial charge in [0, 0.05) is 17.0 Å². The van der Waals surface area contributed by atoms with Crippen molar-refractivity contribution in [1.29, 1.82) is 0 Å². The molecule has 1 aromatic heterocycles. The molecule has 1 aromatic carbocycles. The molecule has 1 unspecified atom stereocenters. The lowest BCUT2D eigenvalue weighted by atomic mass is 9.95. The van der Waals surface area contributed by atoms with Crippen LogP contribution in [0, 0.1) is 0 Å². The molecular weight excluding hydrogens is 242 g/mol. The molecule has 0 radical (unpaired) electrons. The highest BCUT2D eigenvalue weighted by molar-refractivity contribution is 5.93. The van der Waals surface area contributed by atoms with E-state index in [-0.39, 0.29) is 0 Å². The van der Waals surface area contributed by atoms with Crippen LogP contribution in [0.25, 0.3) is 10.8 Å². The maximum Gasteiger partial charge on any atom is 0.312 e. The van der Waals surface area contributed by atoms with Gasteiger partial charge in [-0.1, -0.05) is 25.5 Å². The van der Waals surface area contributed by atoms with Gasteiger partial charge in [0.15, 0.2) is 0 Å².